The molecular weight excluding hydrogens is 291 g/mol. The van der Waals surface area contributed by atoms with Gasteiger partial charge >= 0.3 is 0 Å². The summed E-state index contributed by atoms with van der Waals surface area (Å²) in [6, 6.07) is 10.7. The Morgan fingerprint density at radius 1 is 1.14 bits per heavy atom. The first kappa shape index (κ1) is 15.5. The summed E-state index contributed by atoms with van der Waals surface area (Å²) in [6.07, 6.45) is 0.487. The second kappa shape index (κ2) is 6.24. The zero-order chi connectivity index (χ0) is 15.5. The van der Waals surface area contributed by atoms with Gasteiger partial charge in [-0.05, 0) is 48.7 Å². The van der Waals surface area contributed by atoms with E-state index in [9.17, 15) is 12.8 Å². The predicted molar refractivity (Wildman–Crippen MR) is 80.9 cm³/mol. The van der Waals surface area contributed by atoms with E-state index in [0.717, 1.165) is 5.56 Å². The summed E-state index contributed by atoms with van der Waals surface area (Å²) >= 11 is 0. The molecule has 0 aromatic heterocycles. The third-order valence-corrected chi connectivity index (χ3v) is 4.72. The predicted octanol–water partition coefficient (Wildman–Crippen LogP) is 2.24. The fourth-order valence-electron chi connectivity index (χ4n) is 1.96. The van der Waals surface area contributed by atoms with Crippen molar-refractivity contribution in [2.24, 2.45) is 0 Å². The van der Waals surface area contributed by atoms with Gasteiger partial charge < -0.3 is 5.73 Å². The molecule has 0 aliphatic rings. The molecule has 6 heteroatoms. The summed E-state index contributed by atoms with van der Waals surface area (Å²) in [7, 11) is -3.60. The second-order valence-electron chi connectivity index (χ2n) is 4.80. The molecule has 0 unspecified atom stereocenters. The minimum atomic E-state index is -3.60. The van der Waals surface area contributed by atoms with E-state index in [2.05, 4.69) is 4.72 Å². The Bertz CT molecular complexity index is 728. The Morgan fingerprint density at radius 2 is 1.81 bits per heavy atom. The smallest absolute Gasteiger partial charge is 0.240 e. The first-order valence-corrected chi connectivity index (χ1v) is 7.97. The van der Waals surface area contributed by atoms with Crippen molar-refractivity contribution in [3.05, 3.63) is 59.4 Å². The molecular formula is C15H17FN2O2S. The van der Waals surface area contributed by atoms with Gasteiger partial charge in [0.2, 0.25) is 10.0 Å². The number of halogens is 1. The molecule has 0 saturated heterocycles. The molecule has 112 valence electrons. The van der Waals surface area contributed by atoms with Gasteiger partial charge in [0.25, 0.3) is 0 Å². The number of sulfonamides is 1. The molecule has 0 aliphatic carbocycles. The molecule has 2 aromatic carbocycles. The highest BCUT2D eigenvalue weighted by molar-refractivity contribution is 7.89. The number of benzene rings is 2. The van der Waals surface area contributed by atoms with Crippen LogP contribution in [0.2, 0.25) is 0 Å². The molecule has 0 fully saturated rings. The van der Waals surface area contributed by atoms with E-state index < -0.39 is 10.0 Å². The molecule has 0 atom stereocenters. The van der Waals surface area contributed by atoms with Crippen molar-refractivity contribution < 1.29 is 12.8 Å². The van der Waals surface area contributed by atoms with E-state index in [1.165, 1.54) is 18.2 Å². The molecule has 0 aliphatic heterocycles. The third kappa shape index (κ3) is 4.03. The van der Waals surface area contributed by atoms with Crippen LogP contribution in [0.5, 0.6) is 0 Å². The van der Waals surface area contributed by atoms with Crippen molar-refractivity contribution in [2.75, 3.05) is 12.3 Å². The number of nitrogens with two attached hydrogens (primary N) is 1. The van der Waals surface area contributed by atoms with Crippen molar-refractivity contribution >= 4 is 15.7 Å². The van der Waals surface area contributed by atoms with Gasteiger partial charge in [-0.1, -0.05) is 18.2 Å². The van der Waals surface area contributed by atoms with Gasteiger partial charge in [-0.3, -0.25) is 0 Å². The molecule has 0 saturated carbocycles. The van der Waals surface area contributed by atoms with E-state index in [1.807, 2.05) is 0 Å². The summed E-state index contributed by atoms with van der Waals surface area (Å²) < 4.78 is 39.8. The Labute approximate surface area is 123 Å². The van der Waals surface area contributed by atoms with E-state index in [0.29, 0.717) is 17.7 Å². The lowest BCUT2D eigenvalue weighted by Gasteiger charge is -2.10. The lowest BCUT2D eigenvalue weighted by Crippen LogP contribution is -2.26. The maximum absolute atomic E-state index is 12.8. The maximum Gasteiger partial charge on any atom is 0.240 e. The molecule has 0 amide bonds. The Balaban J connectivity index is 2.04. The number of hydrogen-bond donors (Lipinski definition) is 2. The molecule has 0 bridgehead atoms. The largest absolute Gasteiger partial charge is 0.399 e. The number of hydrogen-bond acceptors (Lipinski definition) is 3. The number of nitrogen functional groups attached to an aromatic ring is 1. The van der Waals surface area contributed by atoms with Crippen LogP contribution in [0, 0.1) is 12.7 Å². The van der Waals surface area contributed by atoms with Crippen molar-refractivity contribution in [1.29, 1.82) is 0 Å². The average Bonchev–Trinajstić information content (AvgIpc) is 2.43. The Morgan fingerprint density at radius 3 is 2.48 bits per heavy atom. The van der Waals surface area contributed by atoms with Crippen molar-refractivity contribution in [1.82, 2.24) is 4.72 Å². The van der Waals surface area contributed by atoms with Gasteiger partial charge in [-0.2, -0.15) is 0 Å². The van der Waals surface area contributed by atoms with Crippen LogP contribution in [0.4, 0.5) is 10.1 Å². The standard InChI is InChI=1S/C15H17FN2O2S/c1-11-2-7-14(17)10-15(11)21(19,20)18-9-8-12-3-5-13(16)6-4-12/h2-7,10,18H,8-9,17H2,1H3. The second-order valence-corrected chi connectivity index (χ2v) is 6.53. The number of aryl methyl sites for hydroxylation is 1. The monoisotopic (exact) mass is 308 g/mol. The van der Waals surface area contributed by atoms with Crippen molar-refractivity contribution in [3.63, 3.8) is 0 Å². The molecule has 2 rings (SSSR count). The fourth-order valence-corrected chi connectivity index (χ4v) is 3.27. The molecule has 2 aromatic rings. The van der Waals surface area contributed by atoms with Gasteiger partial charge in [0.15, 0.2) is 0 Å². The zero-order valence-electron chi connectivity index (χ0n) is 11.6. The minimum Gasteiger partial charge on any atom is -0.399 e. The van der Waals surface area contributed by atoms with Gasteiger partial charge in [0.05, 0.1) is 4.90 Å². The summed E-state index contributed by atoms with van der Waals surface area (Å²) in [5, 5.41) is 0. The fraction of sp³-hybridized carbons (Fsp3) is 0.200. The van der Waals surface area contributed by atoms with Crippen LogP contribution in [0.25, 0.3) is 0 Å². The molecule has 0 heterocycles. The highest BCUT2D eigenvalue weighted by Crippen LogP contribution is 2.18. The zero-order valence-corrected chi connectivity index (χ0v) is 12.5. The van der Waals surface area contributed by atoms with Crippen LogP contribution < -0.4 is 10.5 Å². The van der Waals surface area contributed by atoms with Crippen LogP contribution >= 0.6 is 0 Å². The first-order chi connectivity index (χ1) is 9.88. The number of nitrogens with one attached hydrogen (secondary N) is 1. The Kier molecular flexibility index (Phi) is 4.59. The SMILES string of the molecule is Cc1ccc(N)cc1S(=O)(=O)NCCc1ccc(F)cc1. The highest BCUT2D eigenvalue weighted by atomic mass is 32.2. The van der Waals surface area contributed by atoms with E-state index in [-0.39, 0.29) is 17.3 Å². The highest BCUT2D eigenvalue weighted by Gasteiger charge is 2.16. The van der Waals surface area contributed by atoms with Crippen LogP contribution in [0.1, 0.15) is 11.1 Å². The quantitative estimate of drug-likeness (QED) is 0.832. The summed E-state index contributed by atoms with van der Waals surface area (Å²) in [6.45, 7) is 1.95. The summed E-state index contributed by atoms with van der Waals surface area (Å²) in [4.78, 5) is 0.182. The molecule has 21 heavy (non-hydrogen) atoms. The molecule has 4 nitrogen and oxygen atoms in total. The molecule has 0 radical (unpaired) electrons. The van der Waals surface area contributed by atoms with Crippen molar-refractivity contribution in [2.45, 2.75) is 18.2 Å². The van der Waals surface area contributed by atoms with Gasteiger partial charge in [-0.15, -0.1) is 0 Å². The van der Waals surface area contributed by atoms with Gasteiger partial charge in [-0.25, -0.2) is 17.5 Å². The number of anilines is 1. The lowest BCUT2D eigenvalue weighted by atomic mass is 10.1. The average molecular weight is 308 g/mol. The van der Waals surface area contributed by atoms with E-state index in [1.54, 1.807) is 31.2 Å². The van der Waals surface area contributed by atoms with Crippen LogP contribution in [0.15, 0.2) is 47.4 Å². The van der Waals surface area contributed by atoms with Crippen molar-refractivity contribution in [3.8, 4) is 0 Å². The topological polar surface area (TPSA) is 72.2 Å². The Hall–Kier alpha value is -1.92. The first-order valence-electron chi connectivity index (χ1n) is 6.49. The maximum atomic E-state index is 12.8. The van der Waals surface area contributed by atoms with Gasteiger partial charge in [0, 0.05) is 12.2 Å². The third-order valence-electron chi connectivity index (χ3n) is 3.12. The summed E-state index contributed by atoms with van der Waals surface area (Å²) in [5.41, 5.74) is 7.53. The van der Waals surface area contributed by atoms with Crippen LogP contribution in [0.3, 0.4) is 0 Å². The molecule has 3 N–H and O–H groups in total. The van der Waals surface area contributed by atoms with Gasteiger partial charge in [0.1, 0.15) is 5.82 Å². The normalized spacial score (nSPS) is 11.5. The van der Waals surface area contributed by atoms with Crippen LogP contribution in [-0.4, -0.2) is 15.0 Å². The van der Waals surface area contributed by atoms with E-state index in [4.69, 9.17) is 5.73 Å². The van der Waals surface area contributed by atoms with Crippen LogP contribution in [-0.2, 0) is 16.4 Å². The lowest BCUT2D eigenvalue weighted by molar-refractivity contribution is 0.581. The van der Waals surface area contributed by atoms with E-state index >= 15 is 0 Å². The minimum absolute atomic E-state index is 0.182. The number of rotatable bonds is 5. The molecule has 0 spiro atoms. The summed E-state index contributed by atoms with van der Waals surface area (Å²) in [5.74, 6) is -0.310.